The fourth-order valence-corrected chi connectivity index (χ4v) is 2.66. The first kappa shape index (κ1) is 14.7. The molecule has 0 saturated carbocycles. The number of methoxy groups -OCH3 is 1. The van der Waals surface area contributed by atoms with Crippen molar-refractivity contribution in [3.8, 4) is 17.2 Å². The average molecular weight is 295 g/mol. The summed E-state index contributed by atoms with van der Waals surface area (Å²) in [6.45, 7) is 1.02. The van der Waals surface area contributed by atoms with Gasteiger partial charge < -0.3 is 14.4 Å². The number of para-hydroxylation sites is 1. The van der Waals surface area contributed by atoms with Crippen molar-refractivity contribution in [2.45, 2.75) is 6.42 Å². The molecule has 0 spiro atoms. The van der Waals surface area contributed by atoms with Crippen molar-refractivity contribution in [2.75, 3.05) is 27.7 Å². The Morgan fingerprint density at radius 2 is 1.82 bits per heavy atom. The lowest BCUT2D eigenvalue weighted by atomic mass is 9.93. The van der Waals surface area contributed by atoms with Crippen molar-refractivity contribution in [3.63, 3.8) is 0 Å². The summed E-state index contributed by atoms with van der Waals surface area (Å²) in [5.41, 5.74) is 3.46. The Labute approximate surface area is 131 Å². The van der Waals surface area contributed by atoms with Crippen LogP contribution in [0, 0.1) is 0 Å². The molecule has 3 rings (SSSR count). The molecule has 2 aromatic rings. The lowest BCUT2D eigenvalue weighted by Gasteiger charge is -2.23. The van der Waals surface area contributed by atoms with E-state index < -0.39 is 0 Å². The Bertz CT molecular complexity index is 704. The van der Waals surface area contributed by atoms with Gasteiger partial charge in [0.25, 0.3) is 0 Å². The molecule has 1 heterocycles. The van der Waals surface area contributed by atoms with E-state index in [1.807, 2.05) is 36.4 Å². The Morgan fingerprint density at radius 3 is 2.59 bits per heavy atom. The molecule has 1 aliphatic heterocycles. The second kappa shape index (κ2) is 6.24. The Kier molecular flexibility index (Phi) is 4.16. The molecule has 0 aliphatic carbocycles. The third-order valence-electron chi connectivity index (χ3n) is 3.80. The number of hydrogen-bond donors (Lipinski definition) is 0. The Morgan fingerprint density at radius 1 is 1.05 bits per heavy atom. The van der Waals surface area contributed by atoms with Crippen molar-refractivity contribution in [3.05, 3.63) is 59.7 Å². The van der Waals surface area contributed by atoms with Crippen LogP contribution in [0.5, 0.6) is 17.2 Å². The van der Waals surface area contributed by atoms with E-state index in [4.69, 9.17) is 9.47 Å². The second-order valence-electron chi connectivity index (χ2n) is 5.67. The van der Waals surface area contributed by atoms with Gasteiger partial charge in [-0.2, -0.15) is 0 Å². The first-order valence-corrected chi connectivity index (χ1v) is 7.49. The smallest absolute Gasteiger partial charge is 0.135 e. The van der Waals surface area contributed by atoms with E-state index in [1.54, 1.807) is 7.11 Å². The van der Waals surface area contributed by atoms with Crippen molar-refractivity contribution in [1.82, 2.24) is 4.90 Å². The Hall–Kier alpha value is -2.26. The normalized spacial score (nSPS) is 14.5. The Balaban J connectivity index is 2.06. The second-order valence-corrected chi connectivity index (χ2v) is 5.67. The van der Waals surface area contributed by atoms with Crippen LogP contribution in [-0.2, 0) is 0 Å². The quantitative estimate of drug-likeness (QED) is 0.720. The van der Waals surface area contributed by atoms with E-state index in [1.165, 1.54) is 5.57 Å². The number of benzene rings is 2. The van der Waals surface area contributed by atoms with E-state index in [2.05, 4.69) is 31.1 Å². The maximum Gasteiger partial charge on any atom is 0.135 e. The minimum atomic E-state index is 0.847. The van der Waals surface area contributed by atoms with Gasteiger partial charge in [0.2, 0.25) is 0 Å². The molecule has 0 unspecified atom stereocenters. The van der Waals surface area contributed by atoms with Crippen LogP contribution in [0.25, 0.3) is 5.57 Å². The number of rotatable bonds is 4. The third kappa shape index (κ3) is 2.85. The molecule has 0 N–H and O–H groups in total. The molecule has 22 heavy (non-hydrogen) atoms. The van der Waals surface area contributed by atoms with Crippen molar-refractivity contribution in [1.29, 1.82) is 0 Å². The van der Waals surface area contributed by atoms with Crippen LogP contribution in [0.1, 0.15) is 17.5 Å². The summed E-state index contributed by atoms with van der Waals surface area (Å²) < 4.78 is 11.4. The van der Waals surface area contributed by atoms with E-state index in [0.717, 1.165) is 41.3 Å². The van der Waals surface area contributed by atoms with E-state index in [9.17, 15) is 0 Å². The van der Waals surface area contributed by atoms with Gasteiger partial charge in [-0.1, -0.05) is 24.3 Å². The van der Waals surface area contributed by atoms with Crippen LogP contribution < -0.4 is 9.47 Å². The van der Waals surface area contributed by atoms with Crippen LogP contribution in [0.2, 0.25) is 0 Å². The third-order valence-corrected chi connectivity index (χ3v) is 3.80. The molecule has 0 bridgehead atoms. The van der Waals surface area contributed by atoms with Gasteiger partial charge in [0.15, 0.2) is 0 Å². The number of fused-ring (bicyclic) bond motifs is 2. The van der Waals surface area contributed by atoms with Crippen LogP contribution in [0.4, 0.5) is 0 Å². The van der Waals surface area contributed by atoms with Crippen molar-refractivity contribution in [2.24, 2.45) is 0 Å². The lowest BCUT2D eigenvalue weighted by Crippen LogP contribution is -2.12. The summed E-state index contributed by atoms with van der Waals surface area (Å²) in [5, 5.41) is 0. The molecule has 3 nitrogen and oxygen atoms in total. The highest BCUT2D eigenvalue weighted by Gasteiger charge is 2.21. The van der Waals surface area contributed by atoms with Crippen molar-refractivity contribution >= 4 is 5.57 Å². The molecular formula is C19H21NO2. The van der Waals surface area contributed by atoms with E-state index in [-0.39, 0.29) is 0 Å². The zero-order valence-electron chi connectivity index (χ0n) is 13.3. The molecule has 0 atom stereocenters. The van der Waals surface area contributed by atoms with Gasteiger partial charge >= 0.3 is 0 Å². The number of hydrogen-bond acceptors (Lipinski definition) is 3. The largest absolute Gasteiger partial charge is 0.497 e. The van der Waals surface area contributed by atoms with Crippen molar-refractivity contribution < 1.29 is 9.47 Å². The van der Waals surface area contributed by atoms with Gasteiger partial charge in [-0.05, 0) is 50.4 Å². The first-order valence-electron chi connectivity index (χ1n) is 7.49. The minimum absolute atomic E-state index is 0.847. The molecule has 3 heteroatoms. The zero-order valence-corrected chi connectivity index (χ0v) is 13.3. The SMILES string of the molecule is COc1ccc2c(c1)/C(=C/CCN(C)C)c1ccccc1O2. The van der Waals surface area contributed by atoms with Crippen LogP contribution in [0.3, 0.4) is 0 Å². The van der Waals surface area contributed by atoms with Crippen LogP contribution in [0.15, 0.2) is 48.5 Å². The van der Waals surface area contributed by atoms with E-state index in [0.29, 0.717) is 0 Å². The van der Waals surface area contributed by atoms with Gasteiger partial charge in [0, 0.05) is 17.7 Å². The predicted octanol–water partition coefficient (Wildman–Crippen LogP) is 4.18. The fourth-order valence-electron chi connectivity index (χ4n) is 2.66. The molecule has 0 radical (unpaired) electrons. The van der Waals surface area contributed by atoms with Gasteiger partial charge in [0.1, 0.15) is 17.2 Å². The highest BCUT2D eigenvalue weighted by atomic mass is 16.5. The van der Waals surface area contributed by atoms with Crippen LogP contribution >= 0.6 is 0 Å². The molecule has 114 valence electrons. The van der Waals surface area contributed by atoms with E-state index >= 15 is 0 Å². The van der Waals surface area contributed by atoms with Gasteiger partial charge in [0.05, 0.1) is 7.11 Å². The predicted molar refractivity (Wildman–Crippen MR) is 89.8 cm³/mol. The maximum atomic E-state index is 6.03. The average Bonchev–Trinajstić information content (AvgIpc) is 2.53. The summed E-state index contributed by atoms with van der Waals surface area (Å²) in [5.74, 6) is 2.65. The molecule has 0 amide bonds. The highest BCUT2D eigenvalue weighted by Crippen LogP contribution is 2.44. The summed E-state index contributed by atoms with van der Waals surface area (Å²) in [7, 11) is 5.87. The van der Waals surface area contributed by atoms with Gasteiger partial charge in [-0.3, -0.25) is 0 Å². The topological polar surface area (TPSA) is 21.7 Å². The summed E-state index contributed by atoms with van der Waals surface area (Å²) in [4.78, 5) is 2.19. The number of nitrogens with zero attached hydrogens (tertiary/aromatic N) is 1. The lowest BCUT2D eigenvalue weighted by molar-refractivity contribution is 0.411. The molecule has 1 aliphatic rings. The summed E-state index contributed by atoms with van der Waals surface area (Å²) >= 11 is 0. The fraction of sp³-hybridized carbons (Fsp3) is 0.263. The first-order chi connectivity index (χ1) is 10.7. The molecular weight excluding hydrogens is 274 g/mol. The zero-order chi connectivity index (χ0) is 15.5. The van der Waals surface area contributed by atoms with Crippen LogP contribution in [-0.4, -0.2) is 32.6 Å². The highest BCUT2D eigenvalue weighted by molar-refractivity contribution is 5.88. The molecule has 0 saturated heterocycles. The number of ether oxygens (including phenoxy) is 2. The van der Waals surface area contributed by atoms with Gasteiger partial charge in [-0.25, -0.2) is 0 Å². The summed E-state index contributed by atoms with van der Waals surface area (Å²) in [6.07, 6.45) is 3.28. The maximum absolute atomic E-state index is 6.03. The van der Waals surface area contributed by atoms with Gasteiger partial charge in [-0.15, -0.1) is 0 Å². The summed E-state index contributed by atoms with van der Waals surface area (Å²) in [6, 6.07) is 14.1. The monoisotopic (exact) mass is 295 g/mol. The standard InChI is InChI=1S/C19H21NO2/c1-20(2)12-6-8-15-16-7-4-5-9-18(16)22-19-11-10-14(21-3)13-17(15)19/h4-5,7-11,13H,6,12H2,1-3H3/b15-8+. The molecule has 0 aromatic heterocycles. The minimum Gasteiger partial charge on any atom is -0.497 e. The molecule has 0 fully saturated rings. The molecule has 2 aromatic carbocycles.